The van der Waals surface area contributed by atoms with Crippen LogP contribution in [0, 0.1) is 22.7 Å². The molecular formula is C16H34O8P2. The molecular weight excluding hydrogens is 382 g/mol. The first-order chi connectivity index (χ1) is 11.7. The summed E-state index contributed by atoms with van der Waals surface area (Å²) in [7, 11) is -3.74. The summed E-state index contributed by atoms with van der Waals surface area (Å²) in [6.07, 6.45) is 0. The maximum Gasteiger partial charge on any atom is 0.474 e. The molecule has 0 aliphatic carbocycles. The molecule has 26 heavy (non-hydrogen) atoms. The van der Waals surface area contributed by atoms with Crippen LogP contribution in [0.2, 0.25) is 0 Å². The number of rotatable bonds is 2. The molecule has 2 aliphatic heterocycles. The average molecular weight is 416 g/mol. The van der Waals surface area contributed by atoms with Crippen molar-refractivity contribution in [3.05, 3.63) is 0 Å². The predicted molar refractivity (Wildman–Crippen MR) is 98.9 cm³/mol. The van der Waals surface area contributed by atoms with E-state index in [2.05, 4.69) is 50.6 Å². The van der Waals surface area contributed by atoms with Crippen molar-refractivity contribution in [2.24, 2.45) is 22.7 Å². The molecule has 2 heterocycles. The fourth-order valence-corrected chi connectivity index (χ4v) is 4.13. The molecule has 0 atom stereocenters. The lowest BCUT2D eigenvalue weighted by atomic mass is 9.82. The molecule has 2 fully saturated rings. The maximum atomic E-state index is 11.4. The van der Waals surface area contributed by atoms with Crippen LogP contribution >= 0.6 is 15.6 Å². The van der Waals surface area contributed by atoms with Gasteiger partial charge in [-0.3, -0.25) is 27.1 Å². The zero-order valence-electron chi connectivity index (χ0n) is 17.1. The van der Waals surface area contributed by atoms with Crippen LogP contribution in [0.15, 0.2) is 0 Å². The van der Waals surface area contributed by atoms with Gasteiger partial charge < -0.3 is 0 Å². The molecule has 0 aromatic heterocycles. The van der Waals surface area contributed by atoms with Gasteiger partial charge in [0, 0.05) is 26.1 Å². The fourth-order valence-electron chi connectivity index (χ4n) is 2.11. The zero-order valence-corrected chi connectivity index (χ0v) is 18.9. The van der Waals surface area contributed by atoms with Crippen molar-refractivity contribution >= 4 is 15.6 Å². The summed E-state index contributed by atoms with van der Waals surface area (Å²) < 4.78 is 52.4. The zero-order chi connectivity index (χ0) is 20.2. The minimum Gasteiger partial charge on any atom is -0.290 e. The van der Waals surface area contributed by atoms with E-state index in [-0.39, 0.29) is 22.7 Å². The van der Waals surface area contributed by atoms with Gasteiger partial charge in [0.15, 0.2) is 0 Å². The summed E-state index contributed by atoms with van der Waals surface area (Å²) in [5, 5.41) is 0. The summed E-state index contributed by atoms with van der Waals surface area (Å²) in [6, 6.07) is 0. The first-order valence-electron chi connectivity index (χ1n) is 8.64. The molecule has 8 nitrogen and oxygen atoms in total. The lowest BCUT2D eigenvalue weighted by molar-refractivity contribution is 0.00554. The molecule has 2 rings (SSSR count). The largest absolute Gasteiger partial charge is 0.474 e. The van der Waals surface area contributed by atoms with Gasteiger partial charge in [-0.25, -0.2) is 9.13 Å². The molecule has 0 unspecified atom stereocenters. The number of hydrogen-bond acceptors (Lipinski definition) is 8. The van der Waals surface area contributed by atoms with Crippen molar-refractivity contribution in [2.75, 3.05) is 40.6 Å². The first kappa shape index (κ1) is 24.3. The number of phosphoric ester groups is 2. The third-order valence-electron chi connectivity index (χ3n) is 4.63. The predicted octanol–water partition coefficient (Wildman–Crippen LogP) is 4.90. The number of phosphoric acid groups is 2. The van der Waals surface area contributed by atoms with Crippen LogP contribution in [0.4, 0.5) is 0 Å². The van der Waals surface area contributed by atoms with Crippen molar-refractivity contribution in [2.45, 2.75) is 41.5 Å². The Balaban J connectivity index is 0.000000260. The highest BCUT2D eigenvalue weighted by atomic mass is 31.2. The van der Waals surface area contributed by atoms with Crippen molar-refractivity contribution in [3.63, 3.8) is 0 Å². The lowest BCUT2D eigenvalue weighted by Crippen LogP contribution is -2.32. The van der Waals surface area contributed by atoms with Gasteiger partial charge in [-0.15, -0.1) is 0 Å². The molecule has 0 amide bonds. The molecule has 0 radical (unpaired) electrons. The van der Waals surface area contributed by atoms with E-state index in [1.54, 1.807) is 0 Å². The molecule has 10 heteroatoms. The quantitative estimate of drug-likeness (QED) is 0.587. The van der Waals surface area contributed by atoms with Crippen LogP contribution < -0.4 is 0 Å². The Morgan fingerprint density at radius 3 is 1.04 bits per heavy atom. The van der Waals surface area contributed by atoms with Gasteiger partial charge in [0.25, 0.3) is 0 Å². The topological polar surface area (TPSA) is 89.5 Å². The van der Waals surface area contributed by atoms with E-state index >= 15 is 0 Å². The Morgan fingerprint density at radius 1 is 0.654 bits per heavy atom. The van der Waals surface area contributed by atoms with Gasteiger partial charge in [0.1, 0.15) is 0 Å². The maximum absolute atomic E-state index is 11.4. The van der Waals surface area contributed by atoms with Crippen molar-refractivity contribution in [1.82, 2.24) is 0 Å². The van der Waals surface area contributed by atoms with Crippen molar-refractivity contribution in [1.29, 1.82) is 0 Å². The van der Waals surface area contributed by atoms with E-state index in [1.807, 2.05) is 0 Å². The van der Waals surface area contributed by atoms with Gasteiger partial charge in [0.2, 0.25) is 0 Å². The normalized spacial score (nSPS) is 36.2. The van der Waals surface area contributed by atoms with E-state index in [9.17, 15) is 9.13 Å². The lowest BCUT2D eigenvalue weighted by Gasteiger charge is -2.35. The first-order valence-corrected chi connectivity index (χ1v) is 11.6. The Bertz CT molecular complexity index is 465. The minimum absolute atomic E-state index is 0.110. The standard InChI is InChI=1S/2C8H17O4P/c2*1-8(2,3)7-5-11-13(9,10-4)12-6-7/h2*7H,5-6H2,1-4H3. The van der Waals surface area contributed by atoms with E-state index in [1.165, 1.54) is 14.2 Å². The Kier molecular flexibility index (Phi) is 8.53. The van der Waals surface area contributed by atoms with Crippen LogP contribution in [-0.4, -0.2) is 40.6 Å². The highest BCUT2D eigenvalue weighted by Crippen LogP contribution is 2.54. The SMILES string of the molecule is COP1(=O)OCC(C(C)(C)C)CO1.COP1(=O)OCC(C(C)(C)C)CO1. The third-order valence-corrected chi connectivity index (χ3v) is 7.39. The van der Waals surface area contributed by atoms with Crippen LogP contribution in [0.1, 0.15) is 41.5 Å². The smallest absolute Gasteiger partial charge is 0.290 e. The van der Waals surface area contributed by atoms with Gasteiger partial charge in [-0.05, 0) is 10.8 Å². The van der Waals surface area contributed by atoms with Crippen LogP contribution in [0.3, 0.4) is 0 Å². The van der Waals surface area contributed by atoms with Gasteiger partial charge in [-0.1, -0.05) is 41.5 Å². The van der Waals surface area contributed by atoms with Crippen molar-refractivity contribution in [3.8, 4) is 0 Å². The second-order valence-corrected chi connectivity index (χ2v) is 12.1. The molecule has 2 saturated heterocycles. The van der Waals surface area contributed by atoms with E-state index < -0.39 is 15.6 Å². The van der Waals surface area contributed by atoms with E-state index in [0.29, 0.717) is 26.4 Å². The van der Waals surface area contributed by atoms with Crippen LogP contribution in [0.25, 0.3) is 0 Å². The highest BCUT2D eigenvalue weighted by Gasteiger charge is 2.38. The van der Waals surface area contributed by atoms with E-state index in [0.717, 1.165) is 0 Å². The summed E-state index contributed by atoms with van der Waals surface area (Å²) in [4.78, 5) is 0. The average Bonchev–Trinajstić information content (AvgIpc) is 2.54. The molecule has 0 saturated carbocycles. The molecule has 0 aromatic carbocycles. The summed E-state index contributed by atoms with van der Waals surface area (Å²) >= 11 is 0. The Morgan fingerprint density at radius 2 is 0.885 bits per heavy atom. The fraction of sp³-hybridized carbons (Fsp3) is 1.00. The molecule has 0 aromatic rings. The summed E-state index contributed by atoms with van der Waals surface area (Å²) in [6.45, 7) is 14.4. The summed E-state index contributed by atoms with van der Waals surface area (Å²) in [5.74, 6) is 0.537. The van der Waals surface area contributed by atoms with Gasteiger partial charge >= 0.3 is 15.6 Å². The molecule has 0 bridgehead atoms. The van der Waals surface area contributed by atoms with Gasteiger partial charge in [0.05, 0.1) is 26.4 Å². The number of hydrogen-bond donors (Lipinski definition) is 0. The minimum atomic E-state index is -3.20. The second kappa shape index (κ2) is 9.15. The van der Waals surface area contributed by atoms with Crippen LogP contribution in [-0.2, 0) is 36.3 Å². The third kappa shape index (κ3) is 7.33. The van der Waals surface area contributed by atoms with Crippen molar-refractivity contribution < 1.29 is 36.3 Å². The summed E-state index contributed by atoms with van der Waals surface area (Å²) in [5.41, 5.74) is 0.220. The molecule has 2 aliphatic rings. The molecule has 0 spiro atoms. The Labute approximate surface area is 157 Å². The Hall–Kier alpha value is 0.220. The monoisotopic (exact) mass is 416 g/mol. The van der Waals surface area contributed by atoms with Crippen LogP contribution in [0.5, 0.6) is 0 Å². The van der Waals surface area contributed by atoms with Gasteiger partial charge in [-0.2, -0.15) is 0 Å². The van der Waals surface area contributed by atoms with E-state index in [4.69, 9.17) is 18.1 Å². The highest BCUT2D eigenvalue weighted by molar-refractivity contribution is 7.48. The second-order valence-electron chi connectivity index (χ2n) is 8.57. The molecule has 0 N–H and O–H groups in total. The molecule has 156 valence electrons.